The zero-order valence-electron chi connectivity index (χ0n) is 16.8. The lowest BCUT2D eigenvalue weighted by Crippen LogP contribution is -2.41. The van der Waals surface area contributed by atoms with E-state index in [9.17, 15) is 13.2 Å². The van der Waals surface area contributed by atoms with Crippen molar-refractivity contribution in [3.63, 3.8) is 0 Å². The molecule has 0 spiro atoms. The summed E-state index contributed by atoms with van der Waals surface area (Å²) in [5, 5.41) is 2.90. The maximum Gasteiger partial charge on any atom is 0.243 e. The van der Waals surface area contributed by atoms with Gasteiger partial charge in [0.1, 0.15) is 0 Å². The monoisotopic (exact) mass is 564 g/mol. The first-order chi connectivity index (χ1) is 14.8. The second-order valence-corrected chi connectivity index (χ2v) is 10.8. The number of hydrogen-bond donors (Lipinski definition) is 1. The molecule has 31 heavy (non-hydrogen) atoms. The molecule has 1 N–H and O–H groups in total. The minimum Gasteiger partial charge on any atom is -0.348 e. The summed E-state index contributed by atoms with van der Waals surface area (Å²) in [6.45, 7) is 1.67. The zero-order valence-corrected chi connectivity index (χ0v) is 20.8. The molecule has 3 rings (SSSR count). The van der Waals surface area contributed by atoms with Crippen molar-refractivity contribution in [3.05, 3.63) is 98.9 Å². The highest BCUT2D eigenvalue weighted by Crippen LogP contribution is 2.20. The van der Waals surface area contributed by atoms with Crippen LogP contribution in [0.25, 0.3) is 0 Å². The van der Waals surface area contributed by atoms with Crippen molar-refractivity contribution < 1.29 is 13.2 Å². The molecule has 1 amide bonds. The molecule has 0 saturated carbocycles. The highest BCUT2D eigenvalue weighted by atomic mass is 79.9. The molecule has 0 saturated heterocycles. The normalized spacial score (nSPS) is 12.5. The molecule has 162 valence electrons. The molecular formula is C23H22Br2N2O3S. The van der Waals surface area contributed by atoms with Gasteiger partial charge in [-0.1, -0.05) is 74.3 Å². The first-order valence-electron chi connectivity index (χ1n) is 9.60. The second kappa shape index (κ2) is 10.5. The Bertz CT molecular complexity index is 1120. The fourth-order valence-electron chi connectivity index (χ4n) is 3.04. The Hall–Kier alpha value is -2.00. The first kappa shape index (κ1) is 23.7. The Morgan fingerprint density at radius 1 is 0.903 bits per heavy atom. The summed E-state index contributed by atoms with van der Waals surface area (Å²) in [6.07, 6.45) is 0. The van der Waals surface area contributed by atoms with E-state index < -0.39 is 10.0 Å². The molecule has 8 heteroatoms. The standard InChI is InChI=1S/C23H22Br2N2O3S/c1-17(19-9-13-21(25)14-10-19)26-23(28)16-27(15-18-7-11-20(24)12-8-18)31(29,30)22-5-3-2-4-6-22/h2-14,17H,15-16H2,1H3,(H,26,28)/t17-/m0/s1. The lowest BCUT2D eigenvalue weighted by molar-refractivity contribution is -0.122. The summed E-state index contributed by atoms with van der Waals surface area (Å²) in [5.74, 6) is -0.368. The van der Waals surface area contributed by atoms with E-state index in [1.165, 1.54) is 16.4 Å². The number of carbonyl (C=O) groups excluding carboxylic acids is 1. The van der Waals surface area contributed by atoms with E-state index in [1.807, 2.05) is 55.5 Å². The Labute approximate surface area is 199 Å². The molecule has 0 unspecified atom stereocenters. The Morgan fingerprint density at radius 3 is 2.03 bits per heavy atom. The molecule has 0 bridgehead atoms. The number of nitrogens with one attached hydrogen (secondary N) is 1. The molecule has 0 aliphatic rings. The molecule has 0 heterocycles. The molecule has 3 aromatic carbocycles. The average molecular weight is 566 g/mol. The molecule has 3 aromatic rings. The van der Waals surface area contributed by atoms with E-state index in [0.717, 1.165) is 20.1 Å². The van der Waals surface area contributed by atoms with Crippen molar-refractivity contribution in [1.29, 1.82) is 0 Å². The quantitative estimate of drug-likeness (QED) is 0.404. The van der Waals surface area contributed by atoms with Crippen LogP contribution < -0.4 is 5.32 Å². The molecule has 0 radical (unpaired) electrons. The van der Waals surface area contributed by atoms with Crippen LogP contribution >= 0.6 is 31.9 Å². The van der Waals surface area contributed by atoms with Gasteiger partial charge in [0, 0.05) is 15.5 Å². The number of halogens is 2. The number of benzene rings is 3. The third-order valence-electron chi connectivity index (χ3n) is 4.72. The van der Waals surface area contributed by atoms with Crippen molar-refractivity contribution >= 4 is 47.8 Å². The van der Waals surface area contributed by atoms with Gasteiger partial charge in [-0.25, -0.2) is 8.42 Å². The molecule has 5 nitrogen and oxygen atoms in total. The predicted molar refractivity (Wildman–Crippen MR) is 129 cm³/mol. The summed E-state index contributed by atoms with van der Waals surface area (Å²) >= 11 is 6.78. The van der Waals surface area contributed by atoms with Gasteiger partial charge in [0.05, 0.1) is 17.5 Å². The van der Waals surface area contributed by atoms with Crippen LogP contribution in [0.4, 0.5) is 0 Å². The van der Waals surface area contributed by atoms with Crippen LogP contribution in [-0.2, 0) is 21.4 Å². The van der Waals surface area contributed by atoms with Gasteiger partial charge in [0.25, 0.3) is 0 Å². The highest BCUT2D eigenvalue weighted by Gasteiger charge is 2.27. The number of nitrogens with zero attached hydrogens (tertiary/aromatic N) is 1. The van der Waals surface area contributed by atoms with Crippen LogP contribution in [0.15, 0.2) is 92.7 Å². The summed E-state index contributed by atoms with van der Waals surface area (Å²) in [6, 6.07) is 22.9. The van der Waals surface area contributed by atoms with Gasteiger partial charge in [-0.2, -0.15) is 4.31 Å². The third-order valence-corrected chi connectivity index (χ3v) is 7.58. The molecule has 0 aliphatic carbocycles. The maximum atomic E-state index is 13.3. The van der Waals surface area contributed by atoms with Crippen LogP contribution in [0, 0.1) is 0 Å². The number of sulfonamides is 1. The highest BCUT2D eigenvalue weighted by molar-refractivity contribution is 9.10. The van der Waals surface area contributed by atoms with Crippen LogP contribution in [0.5, 0.6) is 0 Å². The lowest BCUT2D eigenvalue weighted by Gasteiger charge is -2.23. The van der Waals surface area contributed by atoms with Crippen LogP contribution in [0.1, 0.15) is 24.1 Å². The number of rotatable bonds is 8. The van der Waals surface area contributed by atoms with Crippen LogP contribution in [0.3, 0.4) is 0 Å². The fraction of sp³-hybridized carbons (Fsp3) is 0.174. The van der Waals surface area contributed by atoms with Gasteiger partial charge < -0.3 is 5.32 Å². The van der Waals surface area contributed by atoms with Gasteiger partial charge >= 0.3 is 0 Å². The SMILES string of the molecule is C[C@H](NC(=O)CN(Cc1ccc(Br)cc1)S(=O)(=O)c1ccccc1)c1ccc(Br)cc1. The molecule has 1 atom stereocenters. The van der Waals surface area contributed by atoms with Gasteiger partial charge in [-0.05, 0) is 54.4 Å². The van der Waals surface area contributed by atoms with E-state index in [1.54, 1.807) is 18.2 Å². The van der Waals surface area contributed by atoms with E-state index in [4.69, 9.17) is 0 Å². The zero-order chi connectivity index (χ0) is 22.4. The largest absolute Gasteiger partial charge is 0.348 e. The van der Waals surface area contributed by atoms with Gasteiger partial charge in [-0.15, -0.1) is 0 Å². The van der Waals surface area contributed by atoms with E-state index in [2.05, 4.69) is 37.2 Å². The second-order valence-electron chi connectivity index (χ2n) is 7.05. The first-order valence-corrected chi connectivity index (χ1v) is 12.6. The molecule has 0 aromatic heterocycles. The topological polar surface area (TPSA) is 66.5 Å². The number of amides is 1. The summed E-state index contributed by atoms with van der Waals surface area (Å²) in [4.78, 5) is 12.9. The minimum absolute atomic E-state index is 0.0879. The van der Waals surface area contributed by atoms with Gasteiger partial charge in [0.15, 0.2) is 0 Å². The van der Waals surface area contributed by atoms with Crippen molar-refractivity contribution in [2.45, 2.75) is 24.4 Å². The van der Waals surface area contributed by atoms with Gasteiger partial charge in [-0.3, -0.25) is 4.79 Å². The molecular weight excluding hydrogens is 544 g/mol. The lowest BCUT2D eigenvalue weighted by atomic mass is 10.1. The van der Waals surface area contributed by atoms with E-state index in [-0.39, 0.29) is 29.9 Å². The van der Waals surface area contributed by atoms with Crippen LogP contribution in [-0.4, -0.2) is 25.2 Å². The maximum absolute atomic E-state index is 13.3. The Morgan fingerprint density at radius 2 is 1.45 bits per heavy atom. The summed E-state index contributed by atoms with van der Waals surface area (Å²) < 4.78 is 29.6. The van der Waals surface area contributed by atoms with Crippen molar-refractivity contribution in [1.82, 2.24) is 9.62 Å². The average Bonchev–Trinajstić information content (AvgIpc) is 2.75. The fourth-order valence-corrected chi connectivity index (χ4v) is 4.98. The number of hydrogen-bond acceptors (Lipinski definition) is 3. The number of carbonyl (C=O) groups is 1. The smallest absolute Gasteiger partial charge is 0.243 e. The predicted octanol–water partition coefficient (Wildman–Crippen LogP) is 5.28. The Kier molecular flexibility index (Phi) is 8.05. The molecule has 0 aliphatic heterocycles. The summed E-state index contributed by atoms with van der Waals surface area (Å²) in [5.41, 5.74) is 1.72. The third kappa shape index (κ3) is 6.49. The van der Waals surface area contributed by atoms with Crippen molar-refractivity contribution in [2.75, 3.05) is 6.54 Å². The summed E-state index contributed by atoms with van der Waals surface area (Å²) in [7, 11) is -3.86. The minimum atomic E-state index is -3.86. The van der Waals surface area contributed by atoms with Crippen LogP contribution in [0.2, 0.25) is 0 Å². The van der Waals surface area contributed by atoms with Crippen molar-refractivity contribution in [2.24, 2.45) is 0 Å². The van der Waals surface area contributed by atoms with E-state index >= 15 is 0 Å². The molecule has 0 fully saturated rings. The van der Waals surface area contributed by atoms with E-state index in [0.29, 0.717) is 0 Å². The van der Waals surface area contributed by atoms with Crippen molar-refractivity contribution in [3.8, 4) is 0 Å². The Balaban J connectivity index is 1.81. The van der Waals surface area contributed by atoms with Gasteiger partial charge in [0.2, 0.25) is 15.9 Å².